The van der Waals surface area contributed by atoms with Gasteiger partial charge in [-0.2, -0.15) is 0 Å². The summed E-state index contributed by atoms with van der Waals surface area (Å²) in [5.41, 5.74) is 0. The predicted molar refractivity (Wildman–Crippen MR) is 36.9 cm³/mol. The second-order valence-corrected chi connectivity index (χ2v) is 2.18. The Morgan fingerprint density at radius 3 is 1.71 bits per heavy atom. The number of hydrogen-bond donors (Lipinski definition) is 0. The summed E-state index contributed by atoms with van der Waals surface area (Å²) >= 11 is 0. The topological polar surface area (TPSA) is 0 Å². The van der Waals surface area contributed by atoms with Crippen molar-refractivity contribution in [2.75, 3.05) is 0 Å². The van der Waals surface area contributed by atoms with Gasteiger partial charge in [-0.3, -0.25) is 0 Å². The Morgan fingerprint density at radius 1 is 1.29 bits per heavy atom. The van der Waals surface area contributed by atoms with E-state index in [4.69, 9.17) is 0 Å². The van der Waals surface area contributed by atoms with Crippen LogP contribution in [0.3, 0.4) is 0 Å². The predicted octanol–water partition coefficient (Wildman–Crippen LogP) is 1.79. The molecular formula is C6H15Li. The fraction of sp³-hybridized carbons (Fsp3) is 1.00. The van der Waals surface area contributed by atoms with E-state index in [1.807, 2.05) is 0 Å². The van der Waals surface area contributed by atoms with Crippen molar-refractivity contribution in [3.05, 3.63) is 0 Å². The van der Waals surface area contributed by atoms with Crippen LogP contribution in [0.15, 0.2) is 0 Å². The molecule has 0 heterocycles. The zero-order valence-corrected chi connectivity index (χ0v) is 4.99. The van der Waals surface area contributed by atoms with Gasteiger partial charge in [0.15, 0.2) is 0 Å². The maximum absolute atomic E-state index is 2.25. The third-order valence-corrected chi connectivity index (χ3v) is 0.866. The van der Waals surface area contributed by atoms with E-state index >= 15 is 0 Å². The zero-order valence-electron chi connectivity index (χ0n) is 4.99. The molecule has 0 saturated carbocycles. The summed E-state index contributed by atoms with van der Waals surface area (Å²) in [5, 5.41) is 0. The molecule has 0 aromatic rings. The average molecular weight is 94.1 g/mol. The van der Waals surface area contributed by atoms with Crippen molar-refractivity contribution in [1.29, 1.82) is 0 Å². The minimum absolute atomic E-state index is 0. The first-order chi connectivity index (χ1) is 2.77. The zero-order chi connectivity index (χ0) is 4.99. The Labute approximate surface area is 58.9 Å². The second-order valence-electron chi connectivity index (χ2n) is 2.18. The van der Waals surface area contributed by atoms with E-state index in [2.05, 4.69) is 20.8 Å². The standard InChI is InChI=1S/C6H14.Li.H/c1-4-5-6(2)3;;/h6H,4-5H2,1-3H3;;. The van der Waals surface area contributed by atoms with Crippen LogP contribution in [-0.4, -0.2) is 18.9 Å². The Morgan fingerprint density at radius 2 is 1.71 bits per heavy atom. The normalized spacial score (nSPS) is 8.57. The van der Waals surface area contributed by atoms with Crippen LogP contribution in [0.1, 0.15) is 33.6 Å². The van der Waals surface area contributed by atoms with Gasteiger partial charge in [-0.25, -0.2) is 0 Å². The molecule has 0 N–H and O–H groups in total. The van der Waals surface area contributed by atoms with Gasteiger partial charge in [-0.1, -0.05) is 33.6 Å². The first kappa shape index (κ1) is 10.6. The average Bonchev–Trinajstić information content (AvgIpc) is 1.35. The van der Waals surface area contributed by atoms with Gasteiger partial charge in [0.1, 0.15) is 0 Å². The van der Waals surface area contributed by atoms with E-state index in [1.54, 1.807) is 0 Å². The quantitative estimate of drug-likeness (QED) is 0.457. The van der Waals surface area contributed by atoms with Crippen LogP contribution in [0.5, 0.6) is 0 Å². The van der Waals surface area contributed by atoms with Gasteiger partial charge in [-0.05, 0) is 5.92 Å². The molecule has 0 aliphatic carbocycles. The van der Waals surface area contributed by atoms with Gasteiger partial charge >= 0.3 is 18.9 Å². The molecule has 0 radical (unpaired) electrons. The van der Waals surface area contributed by atoms with Crippen LogP contribution in [0, 0.1) is 5.92 Å². The summed E-state index contributed by atoms with van der Waals surface area (Å²) in [7, 11) is 0. The van der Waals surface area contributed by atoms with Gasteiger partial charge in [-0.15, -0.1) is 0 Å². The van der Waals surface area contributed by atoms with E-state index in [9.17, 15) is 0 Å². The van der Waals surface area contributed by atoms with Gasteiger partial charge in [0, 0.05) is 0 Å². The van der Waals surface area contributed by atoms with Crippen LogP contribution < -0.4 is 0 Å². The third-order valence-electron chi connectivity index (χ3n) is 0.866. The summed E-state index contributed by atoms with van der Waals surface area (Å²) in [6, 6.07) is 0. The van der Waals surface area contributed by atoms with Crippen molar-refractivity contribution in [3.8, 4) is 0 Å². The first-order valence-corrected chi connectivity index (χ1v) is 2.77. The van der Waals surface area contributed by atoms with Gasteiger partial charge in [0.25, 0.3) is 0 Å². The van der Waals surface area contributed by atoms with Crippen LogP contribution in [0.25, 0.3) is 0 Å². The summed E-state index contributed by atoms with van der Waals surface area (Å²) in [6.45, 7) is 6.73. The second kappa shape index (κ2) is 6.60. The van der Waals surface area contributed by atoms with Crippen molar-refractivity contribution >= 4 is 18.9 Å². The van der Waals surface area contributed by atoms with Gasteiger partial charge < -0.3 is 0 Å². The Hall–Kier alpha value is 0.597. The molecule has 1 heteroatoms. The summed E-state index contributed by atoms with van der Waals surface area (Å²) < 4.78 is 0. The Bertz CT molecular complexity index is 25.4. The molecule has 0 aliphatic heterocycles. The fourth-order valence-electron chi connectivity index (χ4n) is 0.577. The van der Waals surface area contributed by atoms with Gasteiger partial charge in [0.2, 0.25) is 0 Å². The molecule has 0 nitrogen and oxygen atoms in total. The fourth-order valence-corrected chi connectivity index (χ4v) is 0.577. The van der Waals surface area contributed by atoms with E-state index < -0.39 is 0 Å². The van der Waals surface area contributed by atoms with Gasteiger partial charge in [0.05, 0.1) is 0 Å². The molecule has 0 bridgehead atoms. The van der Waals surface area contributed by atoms with E-state index in [0.29, 0.717) is 0 Å². The molecule has 0 aliphatic rings. The van der Waals surface area contributed by atoms with Crippen LogP contribution in [0.2, 0.25) is 0 Å². The third kappa shape index (κ3) is 10.8. The maximum atomic E-state index is 2.25. The molecule has 0 rings (SSSR count). The van der Waals surface area contributed by atoms with Crippen molar-refractivity contribution < 1.29 is 0 Å². The summed E-state index contributed by atoms with van der Waals surface area (Å²) in [5.74, 6) is 0.898. The van der Waals surface area contributed by atoms with Crippen LogP contribution in [0.4, 0.5) is 0 Å². The van der Waals surface area contributed by atoms with Crippen LogP contribution in [-0.2, 0) is 0 Å². The Kier molecular flexibility index (Phi) is 9.95. The van der Waals surface area contributed by atoms with Crippen molar-refractivity contribution in [2.45, 2.75) is 33.6 Å². The van der Waals surface area contributed by atoms with Crippen molar-refractivity contribution in [1.82, 2.24) is 0 Å². The summed E-state index contributed by atoms with van der Waals surface area (Å²) in [6.07, 6.45) is 2.71. The van der Waals surface area contributed by atoms with Crippen molar-refractivity contribution in [3.63, 3.8) is 0 Å². The molecule has 0 aromatic carbocycles. The molecule has 0 atom stereocenters. The monoisotopic (exact) mass is 94.1 g/mol. The molecule has 0 unspecified atom stereocenters. The molecule has 0 saturated heterocycles. The summed E-state index contributed by atoms with van der Waals surface area (Å²) in [4.78, 5) is 0. The van der Waals surface area contributed by atoms with E-state index in [-0.39, 0.29) is 18.9 Å². The SMILES string of the molecule is CCCC(C)C.[LiH]. The van der Waals surface area contributed by atoms with Crippen LogP contribution >= 0.6 is 0 Å². The Balaban J connectivity index is 0. The van der Waals surface area contributed by atoms with E-state index in [0.717, 1.165) is 5.92 Å². The number of rotatable bonds is 2. The molecule has 7 heavy (non-hydrogen) atoms. The molecule has 0 spiro atoms. The molecule has 0 fully saturated rings. The number of hydrogen-bond acceptors (Lipinski definition) is 0. The molecular weight excluding hydrogens is 79.0 g/mol. The first-order valence-electron chi connectivity index (χ1n) is 2.77. The molecule has 40 valence electrons. The molecule has 0 aromatic heterocycles. The minimum atomic E-state index is 0. The molecule has 0 amide bonds. The van der Waals surface area contributed by atoms with E-state index in [1.165, 1.54) is 12.8 Å². The van der Waals surface area contributed by atoms with Crippen molar-refractivity contribution in [2.24, 2.45) is 5.92 Å².